The molecule has 1 N–H and O–H groups in total. The molecular formula is C16H21N3. The van der Waals surface area contributed by atoms with Gasteiger partial charge in [-0.05, 0) is 24.0 Å². The molecule has 1 aromatic carbocycles. The number of rotatable bonds is 2. The average Bonchev–Trinajstić information content (AvgIpc) is 2.37. The van der Waals surface area contributed by atoms with Gasteiger partial charge < -0.3 is 5.32 Å². The van der Waals surface area contributed by atoms with Gasteiger partial charge in [-0.25, -0.2) is 9.97 Å². The summed E-state index contributed by atoms with van der Waals surface area (Å²) in [5.74, 6) is 0.662. The zero-order valence-electron chi connectivity index (χ0n) is 12.3. The van der Waals surface area contributed by atoms with E-state index in [-0.39, 0.29) is 5.41 Å². The van der Waals surface area contributed by atoms with Gasteiger partial charge in [0.05, 0.1) is 5.69 Å². The summed E-state index contributed by atoms with van der Waals surface area (Å²) in [4.78, 5) is 8.80. The predicted octanol–water partition coefficient (Wildman–Crippen LogP) is 3.79. The fourth-order valence-corrected chi connectivity index (χ4v) is 1.97. The van der Waals surface area contributed by atoms with Crippen LogP contribution >= 0.6 is 0 Å². The van der Waals surface area contributed by atoms with E-state index in [1.165, 1.54) is 5.56 Å². The number of aromatic nitrogens is 2. The summed E-state index contributed by atoms with van der Waals surface area (Å²) in [6, 6.07) is 10.6. The minimum atomic E-state index is 0.177. The summed E-state index contributed by atoms with van der Waals surface area (Å²) in [5, 5.41) is 2.99. The van der Waals surface area contributed by atoms with E-state index in [0.29, 0.717) is 5.95 Å². The Morgan fingerprint density at radius 3 is 2.16 bits per heavy atom. The lowest BCUT2D eigenvalue weighted by atomic mass is 9.86. The van der Waals surface area contributed by atoms with Crippen molar-refractivity contribution in [3.05, 3.63) is 41.6 Å². The normalized spacial score (nSPS) is 11.4. The number of aryl methyl sites for hydroxylation is 1. The van der Waals surface area contributed by atoms with Crippen LogP contribution in [0.5, 0.6) is 0 Å². The highest BCUT2D eigenvalue weighted by molar-refractivity contribution is 5.61. The Morgan fingerprint density at radius 2 is 1.63 bits per heavy atom. The lowest BCUT2D eigenvalue weighted by Gasteiger charge is -2.19. The van der Waals surface area contributed by atoms with Crippen LogP contribution in [0.4, 0.5) is 5.95 Å². The van der Waals surface area contributed by atoms with Crippen molar-refractivity contribution in [3.8, 4) is 11.3 Å². The van der Waals surface area contributed by atoms with Gasteiger partial charge in [-0.15, -0.1) is 0 Å². The molecular weight excluding hydrogens is 234 g/mol. The number of anilines is 1. The molecule has 0 saturated carbocycles. The largest absolute Gasteiger partial charge is 0.357 e. The summed E-state index contributed by atoms with van der Waals surface area (Å²) >= 11 is 0. The first kappa shape index (κ1) is 13.5. The van der Waals surface area contributed by atoms with E-state index in [4.69, 9.17) is 0 Å². The topological polar surface area (TPSA) is 37.8 Å². The number of nitrogens with zero attached hydrogens (tertiary/aromatic N) is 2. The zero-order valence-corrected chi connectivity index (χ0v) is 12.3. The van der Waals surface area contributed by atoms with Crippen molar-refractivity contribution in [1.29, 1.82) is 0 Å². The second-order valence-electron chi connectivity index (χ2n) is 5.80. The molecule has 2 aromatic rings. The molecule has 0 radical (unpaired) electrons. The van der Waals surface area contributed by atoms with E-state index in [1.54, 1.807) is 0 Å². The minimum Gasteiger partial charge on any atom is -0.357 e. The van der Waals surface area contributed by atoms with E-state index in [2.05, 4.69) is 60.3 Å². The van der Waals surface area contributed by atoms with Gasteiger partial charge in [0.25, 0.3) is 0 Å². The third-order valence-electron chi connectivity index (χ3n) is 3.12. The van der Waals surface area contributed by atoms with E-state index in [0.717, 1.165) is 17.0 Å². The van der Waals surface area contributed by atoms with Crippen LogP contribution < -0.4 is 5.32 Å². The molecule has 0 atom stereocenters. The molecule has 0 aliphatic heterocycles. The molecule has 1 aromatic heterocycles. The number of benzene rings is 1. The van der Waals surface area contributed by atoms with Crippen LogP contribution in [0.1, 0.15) is 32.0 Å². The van der Waals surface area contributed by atoms with Crippen LogP contribution in [0, 0.1) is 6.92 Å². The van der Waals surface area contributed by atoms with Crippen LogP contribution in [0.2, 0.25) is 0 Å². The Morgan fingerprint density at radius 1 is 1.00 bits per heavy atom. The monoisotopic (exact) mass is 255 g/mol. The SMILES string of the molecule is CNc1nc(C)cc(-c2ccc(C(C)(C)C)cc2)n1. The van der Waals surface area contributed by atoms with Crippen LogP contribution in [0.25, 0.3) is 11.3 Å². The maximum absolute atomic E-state index is 4.49. The Balaban J connectivity index is 2.40. The van der Waals surface area contributed by atoms with E-state index in [1.807, 2.05) is 20.0 Å². The molecule has 19 heavy (non-hydrogen) atoms. The second kappa shape index (κ2) is 5.00. The van der Waals surface area contributed by atoms with Crippen molar-refractivity contribution < 1.29 is 0 Å². The van der Waals surface area contributed by atoms with Gasteiger partial charge in [-0.2, -0.15) is 0 Å². The first-order valence-electron chi connectivity index (χ1n) is 6.54. The zero-order chi connectivity index (χ0) is 14.0. The Hall–Kier alpha value is -1.90. The molecule has 0 aliphatic carbocycles. The van der Waals surface area contributed by atoms with Crippen LogP contribution in [0.15, 0.2) is 30.3 Å². The van der Waals surface area contributed by atoms with Crippen molar-refractivity contribution >= 4 is 5.95 Å². The molecule has 0 amide bonds. The predicted molar refractivity (Wildman–Crippen MR) is 80.5 cm³/mol. The number of hydrogen-bond acceptors (Lipinski definition) is 3. The van der Waals surface area contributed by atoms with Crippen LogP contribution in [0.3, 0.4) is 0 Å². The summed E-state index contributed by atoms with van der Waals surface area (Å²) in [6.45, 7) is 8.64. The van der Waals surface area contributed by atoms with Gasteiger partial charge in [-0.1, -0.05) is 45.0 Å². The molecule has 0 aliphatic rings. The Labute approximate surface area is 115 Å². The van der Waals surface area contributed by atoms with Crippen LogP contribution in [-0.4, -0.2) is 17.0 Å². The van der Waals surface area contributed by atoms with E-state index < -0.39 is 0 Å². The average molecular weight is 255 g/mol. The van der Waals surface area contributed by atoms with Gasteiger partial charge in [-0.3, -0.25) is 0 Å². The lowest BCUT2D eigenvalue weighted by molar-refractivity contribution is 0.590. The van der Waals surface area contributed by atoms with Crippen molar-refractivity contribution in [2.75, 3.05) is 12.4 Å². The van der Waals surface area contributed by atoms with Crippen molar-refractivity contribution in [1.82, 2.24) is 9.97 Å². The maximum Gasteiger partial charge on any atom is 0.223 e. The summed E-state index contributed by atoms with van der Waals surface area (Å²) in [7, 11) is 1.83. The van der Waals surface area contributed by atoms with E-state index >= 15 is 0 Å². The highest BCUT2D eigenvalue weighted by Gasteiger charge is 2.13. The fraction of sp³-hybridized carbons (Fsp3) is 0.375. The molecule has 0 fully saturated rings. The fourth-order valence-electron chi connectivity index (χ4n) is 1.97. The maximum atomic E-state index is 4.49. The smallest absolute Gasteiger partial charge is 0.223 e. The summed E-state index contributed by atoms with van der Waals surface area (Å²) in [6.07, 6.45) is 0. The third kappa shape index (κ3) is 3.11. The highest BCUT2D eigenvalue weighted by Crippen LogP contribution is 2.25. The third-order valence-corrected chi connectivity index (χ3v) is 3.12. The second-order valence-corrected chi connectivity index (χ2v) is 5.80. The summed E-state index contributed by atoms with van der Waals surface area (Å²) in [5.41, 5.74) is 4.55. The molecule has 3 heteroatoms. The molecule has 1 heterocycles. The van der Waals surface area contributed by atoms with Gasteiger partial charge in [0, 0.05) is 18.3 Å². The number of nitrogens with one attached hydrogen (secondary N) is 1. The Bertz CT molecular complexity index is 566. The summed E-state index contributed by atoms with van der Waals surface area (Å²) < 4.78 is 0. The molecule has 0 unspecified atom stereocenters. The molecule has 0 bridgehead atoms. The van der Waals surface area contributed by atoms with Gasteiger partial charge >= 0.3 is 0 Å². The Kier molecular flexibility index (Phi) is 3.56. The first-order valence-corrected chi connectivity index (χ1v) is 6.54. The van der Waals surface area contributed by atoms with E-state index in [9.17, 15) is 0 Å². The quantitative estimate of drug-likeness (QED) is 0.887. The van der Waals surface area contributed by atoms with Crippen molar-refractivity contribution in [2.24, 2.45) is 0 Å². The van der Waals surface area contributed by atoms with Gasteiger partial charge in [0.15, 0.2) is 0 Å². The molecule has 2 rings (SSSR count). The lowest BCUT2D eigenvalue weighted by Crippen LogP contribution is -2.10. The van der Waals surface area contributed by atoms with Crippen molar-refractivity contribution in [3.63, 3.8) is 0 Å². The first-order chi connectivity index (χ1) is 8.90. The van der Waals surface area contributed by atoms with Crippen molar-refractivity contribution in [2.45, 2.75) is 33.1 Å². The highest BCUT2D eigenvalue weighted by atomic mass is 15.1. The molecule has 100 valence electrons. The van der Waals surface area contributed by atoms with Crippen LogP contribution in [-0.2, 0) is 5.41 Å². The molecule has 0 spiro atoms. The van der Waals surface area contributed by atoms with Gasteiger partial charge in [0.1, 0.15) is 0 Å². The molecule has 3 nitrogen and oxygen atoms in total. The number of hydrogen-bond donors (Lipinski definition) is 1. The minimum absolute atomic E-state index is 0.177. The molecule has 0 saturated heterocycles. The standard InChI is InChI=1S/C16H21N3/c1-11-10-14(19-15(17-5)18-11)12-6-8-13(9-7-12)16(2,3)4/h6-10H,1-5H3,(H,17,18,19). The van der Waals surface area contributed by atoms with Gasteiger partial charge in [0.2, 0.25) is 5.95 Å².